The first kappa shape index (κ1) is 45.7. The van der Waals surface area contributed by atoms with E-state index >= 15 is 0 Å². The van der Waals surface area contributed by atoms with E-state index in [4.69, 9.17) is 18.9 Å². The number of nitrogens with one attached hydrogen (secondary N) is 2. The van der Waals surface area contributed by atoms with Gasteiger partial charge in [0.05, 0.1) is 41.0 Å². The number of nitrogens with zero attached hydrogens (tertiary/aromatic N) is 3. The number of amides is 1. The second-order valence-corrected chi connectivity index (χ2v) is 16.6. The fourth-order valence-electron chi connectivity index (χ4n) is 8.32. The highest BCUT2D eigenvalue weighted by Crippen LogP contribution is 2.44. The number of ether oxygens (including phenoxy) is 4. The van der Waals surface area contributed by atoms with Gasteiger partial charge in [0.15, 0.2) is 11.2 Å². The summed E-state index contributed by atoms with van der Waals surface area (Å²) >= 11 is 0. The van der Waals surface area contributed by atoms with E-state index in [0.717, 1.165) is 11.8 Å². The Bertz CT molecular complexity index is 2720. The second kappa shape index (κ2) is 17.9. The summed E-state index contributed by atoms with van der Waals surface area (Å²) in [5.74, 6) is -7.07. The molecule has 3 aliphatic heterocycles. The average molecular weight is 856 g/mol. The second-order valence-electron chi connectivity index (χ2n) is 16.6. The smallest absolute Gasteiger partial charge is 0.312 e. The first-order valence-corrected chi connectivity index (χ1v) is 20.7. The van der Waals surface area contributed by atoms with Crippen LogP contribution >= 0.6 is 0 Å². The maximum atomic E-state index is 14.7. The molecule has 7 rings (SSSR count). The summed E-state index contributed by atoms with van der Waals surface area (Å²) in [6.45, 7) is 15.4. The number of methoxy groups -OCH3 is 1. The summed E-state index contributed by atoms with van der Waals surface area (Å²) in [5, 5.41) is 37.3. The van der Waals surface area contributed by atoms with Crippen molar-refractivity contribution in [2.24, 2.45) is 28.7 Å². The molecule has 0 unspecified atom stereocenters. The quantitative estimate of drug-likeness (QED) is 0.143. The Kier molecular flexibility index (Phi) is 13.2. The van der Waals surface area contributed by atoms with E-state index in [1.165, 1.54) is 46.3 Å². The molecule has 62 heavy (non-hydrogen) atoms. The van der Waals surface area contributed by atoms with Crippen LogP contribution < -0.4 is 26.2 Å². The van der Waals surface area contributed by atoms with Crippen LogP contribution in [0.25, 0.3) is 33.7 Å². The Hall–Kier alpha value is -5.81. The number of imidazole rings is 1. The number of allylic oxidation sites excluding steroid dienone is 2. The number of phenolic OH excluding ortho intramolecular Hbond substituents is 1. The third-order valence-electron chi connectivity index (χ3n) is 12.3. The van der Waals surface area contributed by atoms with Crippen LogP contribution in [0.1, 0.15) is 71.3 Å². The number of aliphatic hydroxyl groups is 2. The number of aromatic hydroxyl groups is 1. The number of aliphatic hydroxyl groups excluding tert-OH is 2. The zero-order valence-corrected chi connectivity index (χ0v) is 37.0. The molecule has 0 saturated heterocycles. The first-order chi connectivity index (χ1) is 29.3. The van der Waals surface area contributed by atoms with Crippen molar-refractivity contribution in [2.75, 3.05) is 20.7 Å². The fourth-order valence-corrected chi connectivity index (χ4v) is 8.32. The van der Waals surface area contributed by atoms with Crippen molar-refractivity contribution in [1.29, 1.82) is 0 Å². The maximum absolute atomic E-state index is 14.7. The number of carbonyl (C=O) groups is 3. The number of esters is 1. The predicted molar refractivity (Wildman–Crippen MR) is 233 cm³/mol. The molecule has 0 spiro atoms. The van der Waals surface area contributed by atoms with Crippen LogP contribution in [0.3, 0.4) is 0 Å². The zero-order valence-electron chi connectivity index (χ0n) is 37.0. The zero-order chi connectivity index (χ0) is 45.5. The Labute approximate surface area is 358 Å². The summed E-state index contributed by atoms with van der Waals surface area (Å²) in [4.78, 5) is 63.1. The molecule has 16 nitrogen and oxygen atoms in total. The Morgan fingerprint density at radius 3 is 2.45 bits per heavy atom. The van der Waals surface area contributed by atoms with Gasteiger partial charge in [-0.25, -0.2) is 10.0 Å². The van der Waals surface area contributed by atoms with Crippen molar-refractivity contribution < 1.29 is 48.7 Å². The average Bonchev–Trinajstić information content (AvgIpc) is 3.75. The molecule has 5 bridgehead atoms. The van der Waals surface area contributed by atoms with E-state index < -0.39 is 82.7 Å². The maximum Gasteiger partial charge on any atom is 0.312 e. The number of benzene rings is 2. The monoisotopic (exact) mass is 855 g/mol. The molecule has 5 heterocycles. The molecule has 2 aromatic carbocycles. The molecule has 3 aliphatic rings. The molecule has 16 heteroatoms. The number of hydrogen-bond acceptors (Lipinski definition) is 13. The van der Waals surface area contributed by atoms with Crippen molar-refractivity contribution in [3.8, 4) is 11.5 Å². The first-order valence-electron chi connectivity index (χ1n) is 20.7. The molecule has 0 radical (unpaired) electrons. The number of aromatic nitrogens is 2. The minimum Gasteiger partial charge on any atom is -0.505 e. The summed E-state index contributed by atoms with van der Waals surface area (Å²) in [5.41, 5.74) is 3.64. The van der Waals surface area contributed by atoms with E-state index in [0.29, 0.717) is 5.65 Å². The predicted octanol–water partition coefficient (Wildman–Crippen LogP) is 3.84. The van der Waals surface area contributed by atoms with Gasteiger partial charge in [-0.3, -0.25) is 23.6 Å². The number of fused-ring (bicyclic) bond motifs is 14. The number of H-pyrrole nitrogens is 1. The lowest BCUT2D eigenvalue weighted by atomic mass is 9.78. The highest BCUT2D eigenvalue weighted by Gasteiger charge is 2.49. The number of phenols is 1. The van der Waals surface area contributed by atoms with E-state index in [2.05, 4.69) is 15.4 Å². The molecular formula is C46H57N5O11. The van der Waals surface area contributed by atoms with Crippen LogP contribution in [0.2, 0.25) is 0 Å². The third-order valence-corrected chi connectivity index (χ3v) is 12.3. The minimum absolute atomic E-state index is 0.0214. The SMILES string of the molecule is CCN(C)N/C=c1\ccn2c(c1)[nH]c1c3c4c5c(C)c(=O)c3c(O)c(c12)=NC(=O)/C(C)=C\C=C\[C@H](C)[C@H](O)[C@@H](C)[C@@H](O)[C@@H](C)[C@H](OC(C)=O)[C@H](C)[C@@H](OC)/C=C/O[C@@](C)(O5)C4=O. The van der Waals surface area contributed by atoms with Gasteiger partial charge in [-0.1, -0.05) is 52.8 Å². The van der Waals surface area contributed by atoms with E-state index in [1.807, 2.05) is 25.0 Å². The number of ketones is 1. The molecule has 1 amide bonds. The van der Waals surface area contributed by atoms with Crippen LogP contribution in [-0.2, 0) is 23.8 Å². The van der Waals surface area contributed by atoms with Crippen molar-refractivity contribution in [3.63, 3.8) is 0 Å². The lowest BCUT2D eigenvalue weighted by Crippen LogP contribution is -2.46. The minimum atomic E-state index is -2.00. The summed E-state index contributed by atoms with van der Waals surface area (Å²) in [6.07, 6.45) is 7.22. The van der Waals surface area contributed by atoms with Crippen LogP contribution in [0.5, 0.6) is 11.5 Å². The van der Waals surface area contributed by atoms with Gasteiger partial charge in [0.1, 0.15) is 28.4 Å². The number of aromatic amines is 1. The Balaban J connectivity index is 1.63. The summed E-state index contributed by atoms with van der Waals surface area (Å²) < 4.78 is 25.6. The molecule has 332 valence electrons. The number of hydrogen-bond donors (Lipinski definition) is 5. The summed E-state index contributed by atoms with van der Waals surface area (Å²) in [6, 6.07) is 3.62. The van der Waals surface area contributed by atoms with Crippen molar-refractivity contribution >= 4 is 51.3 Å². The Morgan fingerprint density at radius 2 is 1.79 bits per heavy atom. The van der Waals surface area contributed by atoms with Gasteiger partial charge in [-0.05, 0) is 37.3 Å². The van der Waals surface area contributed by atoms with Crippen LogP contribution in [0.4, 0.5) is 0 Å². The number of pyridine rings is 1. The van der Waals surface area contributed by atoms with Gasteiger partial charge in [0.2, 0.25) is 0 Å². The molecule has 2 aromatic heterocycles. The highest BCUT2D eigenvalue weighted by molar-refractivity contribution is 6.23. The number of Topliss-reactive ketones (excluding diaryl/α,β-unsaturated/α-hetero) is 1. The van der Waals surface area contributed by atoms with Gasteiger partial charge >= 0.3 is 11.8 Å². The van der Waals surface area contributed by atoms with Gasteiger partial charge in [-0.15, -0.1) is 0 Å². The van der Waals surface area contributed by atoms with Gasteiger partial charge < -0.3 is 44.7 Å². The topological polar surface area (TPSA) is 214 Å². The van der Waals surface area contributed by atoms with Crippen molar-refractivity contribution in [1.82, 2.24) is 19.8 Å². The van der Waals surface area contributed by atoms with Gasteiger partial charge in [0, 0.05) is 87.1 Å². The molecule has 4 aromatic rings. The van der Waals surface area contributed by atoms with Gasteiger partial charge in [-0.2, -0.15) is 0 Å². The van der Waals surface area contributed by atoms with Crippen molar-refractivity contribution in [2.45, 2.75) is 92.5 Å². The summed E-state index contributed by atoms with van der Waals surface area (Å²) in [7, 11) is 3.34. The van der Waals surface area contributed by atoms with E-state index in [1.54, 1.807) is 69.6 Å². The van der Waals surface area contributed by atoms with E-state index in [9.17, 15) is 34.5 Å². The van der Waals surface area contributed by atoms with Crippen LogP contribution in [-0.4, -0.2) is 98.3 Å². The van der Waals surface area contributed by atoms with E-state index in [-0.39, 0.29) is 49.6 Å². The third kappa shape index (κ3) is 8.27. The fraction of sp³-hybridized carbons (Fsp3) is 0.457. The molecular weight excluding hydrogens is 799 g/mol. The van der Waals surface area contributed by atoms with Crippen LogP contribution in [0, 0.1) is 30.6 Å². The molecule has 9 atom stereocenters. The number of hydrazine groups is 1. The lowest BCUT2D eigenvalue weighted by Gasteiger charge is -2.38. The molecule has 0 saturated carbocycles. The largest absolute Gasteiger partial charge is 0.505 e. The molecule has 5 N–H and O–H groups in total. The molecule has 0 aliphatic carbocycles. The molecule has 0 fully saturated rings. The lowest BCUT2D eigenvalue weighted by molar-refractivity contribution is -0.160. The number of rotatable bonds is 5. The normalized spacial score (nSPS) is 29.7. The van der Waals surface area contributed by atoms with Crippen molar-refractivity contribution in [3.05, 3.63) is 86.4 Å². The standard InChI is InChI=1S/C46H57N5O11/c1-12-50(10)47-21-29-16-18-51-31(20-29)48-35-32-33-40(55)27(7)43-34(32)44(57)46(9,62-43)60-19-17-30(59-11)24(4)42(61-28(8)52)26(6)39(54)25(5)38(53)22(2)14-13-15-23(3)45(58)49-36(37(35)51)41(33)56/h13-22,24-26,30,38-39,42,47-48,53-54,56H,12H2,1-11H3/b14-13+,19-17+,23-15-,29-21+,49-36?/t22-,24+,25+,26+,30-,38-,39+,42+,46-/m0/s1. The number of carbonyl (C=O) groups excluding carboxylic acids is 3. The Morgan fingerprint density at radius 1 is 1.08 bits per heavy atom. The van der Waals surface area contributed by atoms with Gasteiger partial charge in [0.25, 0.3) is 11.7 Å². The highest BCUT2D eigenvalue weighted by atomic mass is 16.7. The van der Waals surface area contributed by atoms with Crippen LogP contribution in [0.15, 0.2) is 64.3 Å².